The summed E-state index contributed by atoms with van der Waals surface area (Å²) in [6, 6.07) is 1.55. The number of carbonyl (C=O) groups is 1. The number of likely N-dealkylation sites (tertiary alicyclic amines) is 1. The van der Waals surface area contributed by atoms with Gasteiger partial charge in [-0.1, -0.05) is 0 Å². The van der Waals surface area contributed by atoms with Gasteiger partial charge in [-0.25, -0.2) is 8.42 Å². The Morgan fingerprint density at radius 2 is 1.96 bits per heavy atom. The number of nitrogens with one attached hydrogen (secondary N) is 1. The zero-order valence-corrected chi connectivity index (χ0v) is 16.1. The molecule has 1 aromatic heterocycles. The second-order valence-corrected chi connectivity index (χ2v) is 9.25. The molecule has 3 rings (SSSR count). The maximum atomic E-state index is 12.9. The number of rotatable bonds is 5. The molecule has 1 amide bonds. The van der Waals surface area contributed by atoms with Crippen LogP contribution in [0.15, 0.2) is 16.3 Å². The van der Waals surface area contributed by atoms with E-state index in [1.54, 1.807) is 16.3 Å². The standard InChI is InChI=1S/C16H25N3O4S2/c1-17-12-13-2-5-18(6-3-13)16(20)15-14(4-11-24-15)25(21,22)19-7-9-23-10-8-19/h4,11,13,17H,2-3,5-10,12H2,1H3. The van der Waals surface area contributed by atoms with Crippen molar-refractivity contribution in [3.63, 3.8) is 0 Å². The number of nitrogens with zero attached hydrogens (tertiary/aromatic N) is 2. The Kier molecular flexibility index (Phi) is 6.11. The topological polar surface area (TPSA) is 79.0 Å². The van der Waals surface area contributed by atoms with Crippen LogP contribution in [0.1, 0.15) is 22.5 Å². The Morgan fingerprint density at radius 1 is 1.28 bits per heavy atom. The lowest BCUT2D eigenvalue weighted by molar-refractivity contribution is 0.0689. The molecule has 2 aliphatic rings. The molecular formula is C16H25N3O4S2. The molecule has 0 spiro atoms. The van der Waals surface area contributed by atoms with Gasteiger partial charge in [-0.05, 0) is 43.8 Å². The van der Waals surface area contributed by atoms with Crippen LogP contribution in [0.25, 0.3) is 0 Å². The van der Waals surface area contributed by atoms with E-state index in [2.05, 4.69) is 5.32 Å². The highest BCUT2D eigenvalue weighted by Gasteiger charge is 2.33. The molecule has 0 bridgehead atoms. The van der Waals surface area contributed by atoms with Crippen LogP contribution in [0, 0.1) is 5.92 Å². The third kappa shape index (κ3) is 4.06. The van der Waals surface area contributed by atoms with E-state index in [9.17, 15) is 13.2 Å². The van der Waals surface area contributed by atoms with Crippen molar-refractivity contribution < 1.29 is 17.9 Å². The smallest absolute Gasteiger partial charge is 0.265 e. The van der Waals surface area contributed by atoms with Gasteiger partial charge in [-0.2, -0.15) is 4.31 Å². The first-order valence-electron chi connectivity index (χ1n) is 8.63. The van der Waals surface area contributed by atoms with Crippen molar-refractivity contribution in [2.75, 3.05) is 53.0 Å². The van der Waals surface area contributed by atoms with Crippen LogP contribution in [0.4, 0.5) is 0 Å². The van der Waals surface area contributed by atoms with E-state index >= 15 is 0 Å². The van der Waals surface area contributed by atoms with Crippen molar-refractivity contribution >= 4 is 27.3 Å². The molecule has 2 fully saturated rings. The van der Waals surface area contributed by atoms with E-state index in [0.29, 0.717) is 50.2 Å². The summed E-state index contributed by atoms with van der Waals surface area (Å²) in [5.74, 6) is 0.415. The molecule has 140 valence electrons. The lowest BCUT2D eigenvalue weighted by Gasteiger charge is -2.32. The van der Waals surface area contributed by atoms with Gasteiger partial charge in [0.1, 0.15) is 9.77 Å². The first kappa shape index (κ1) is 18.8. The molecule has 0 aliphatic carbocycles. The number of carbonyl (C=O) groups excluding carboxylic acids is 1. The van der Waals surface area contributed by atoms with Gasteiger partial charge < -0.3 is 15.0 Å². The average Bonchev–Trinajstić information content (AvgIpc) is 3.13. The highest BCUT2D eigenvalue weighted by atomic mass is 32.2. The summed E-state index contributed by atoms with van der Waals surface area (Å²) in [4.78, 5) is 15.1. The lowest BCUT2D eigenvalue weighted by atomic mass is 9.97. The van der Waals surface area contributed by atoms with Gasteiger partial charge in [0, 0.05) is 26.2 Å². The Labute approximate surface area is 153 Å². The number of morpholine rings is 1. The molecule has 0 radical (unpaired) electrons. The molecule has 0 unspecified atom stereocenters. The zero-order chi connectivity index (χ0) is 17.9. The number of hydrogen-bond acceptors (Lipinski definition) is 6. The van der Waals surface area contributed by atoms with Crippen LogP contribution in [-0.4, -0.2) is 76.5 Å². The fourth-order valence-corrected chi connectivity index (χ4v) is 6.13. The number of ether oxygens (including phenoxy) is 1. The van der Waals surface area contributed by atoms with Gasteiger partial charge >= 0.3 is 0 Å². The molecule has 25 heavy (non-hydrogen) atoms. The first-order valence-corrected chi connectivity index (χ1v) is 10.9. The Hall–Kier alpha value is -1.00. The summed E-state index contributed by atoms with van der Waals surface area (Å²) in [5.41, 5.74) is 0. The molecular weight excluding hydrogens is 362 g/mol. The van der Waals surface area contributed by atoms with E-state index in [-0.39, 0.29) is 10.8 Å². The number of amides is 1. The Morgan fingerprint density at radius 3 is 2.60 bits per heavy atom. The quantitative estimate of drug-likeness (QED) is 0.810. The van der Waals surface area contributed by atoms with Crippen LogP contribution >= 0.6 is 11.3 Å². The summed E-state index contributed by atoms with van der Waals surface area (Å²) >= 11 is 1.21. The third-order valence-corrected chi connectivity index (χ3v) is 7.78. The molecule has 0 aromatic carbocycles. The van der Waals surface area contributed by atoms with E-state index in [4.69, 9.17) is 4.74 Å². The average molecular weight is 388 g/mol. The van der Waals surface area contributed by atoms with Crippen LogP contribution in [0.5, 0.6) is 0 Å². The Bertz CT molecular complexity index is 690. The van der Waals surface area contributed by atoms with Crippen molar-refractivity contribution in [3.8, 4) is 0 Å². The van der Waals surface area contributed by atoms with Crippen molar-refractivity contribution in [1.82, 2.24) is 14.5 Å². The monoisotopic (exact) mass is 387 g/mol. The van der Waals surface area contributed by atoms with E-state index < -0.39 is 10.0 Å². The van der Waals surface area contributed by atoms with Crippen LogP contribution in [-0.2, 0) is 14.8 Å². The molecule has 1 N–H and O–H groups in total. The molecule has 3 heterocycles. The SMILES string of the molecule is CNCC1CCN(C(=O)c2sccc2S(=O)(=O)N2CCOCC2)CC1. The number of hydrogen-bond donors (Lipinski definition) is 1. The number of piperidine rings is 1. The van der Waals surface area contributed by atoms with Crippen molar-refractivity contribution in [2.45, 2.75) is 17.7 Å². The summed E-state index contributed by atoms with van der Waals surface area (Å²) in [6.07, 6.45) is 1.90. The fraction of sp³-hybridized carbons (Fsp3) is 0.688. The predicted molar refractivity (Wildman–Crippen MR) is 96.5 cm³/mol. The largest absolute Gasteiger partial charge is 0.379 e. The number of thiophene rings is 1. The van der Waals surface area contributed by atoms with Crippen molar-refractivity contribution in [2.24, 2.45) is 5.92 Å². The summed E-state index contributed by atoms with van der Waals surface area (Å²) < 4.78 is 32.4. The minimum Gasteiger partial charge on any atom is -0.379 e. The second-order valence-electron chi connectivity index (χ2n) is 6.42. The normalized spacial score (nSPS) is 20.8. The third-order valence-electron chi connectivity index (χ3n) is 4.81. The minimum absolute atomic E-state index is 0.141. The molecule has 9 heteroatoms. The van der Waals surface area contributed by atoms with Gasteiger partial charge in [0.15, 0.2) is 0 Å². The molecule has 0 atom stereocenters. The van der Waals surface area contributed by atoms with Crippen LogP contribution in [0.2, 0.25) is 0 Å². The lowest BCUT2D eigenvalue weighted by Crippen LogP contribution is -2.42. The van der Waals surface area contributed by atoms with Crippen LogP contribution < -0.4 is 5.32 Å². The predicted octanol–water partition coefficient (Wildman–Crippen LogP) is 0.841. The molecule has 0 saturated carbocycles. The summed E-state index contributed by atoms with van der Waals surface area (Å²) in [6.45, 7) is 3.78. The van der Waals surface area contributed by atoms with Gasteiger partial charge in [0.25, 0.3) is 5.91 Å². The maximum Gasteiger partial charge on any atom is 0.265 e. The second kappa shape index (κ2) is 8.13. The van der Waals surface area contributed by atoms with Crippen LogP contribution in [0.3, 0.4) is 0 Å². The molecule has 2 saturated heterocycles. The fourth-order valence-electron chi connectivity index (χ4n) is 3.36. The summed E-state index contributed by atoms with van der Waals surface area (Å²) in [7, 11) is -1.71. The minimum atomic E-state index is -3.65. The first-order chi connectivity index (χ1) is 12.0. The van der Waals surface area contributed by atoms with Gasteiger partial charge in [-0.15, -0.1) is 11.3 Å². The highest BCUT2D eigenvalue weighted by molar-refractivity contribution is 7.89. The summed E-state index contributed by atoms with van der Waals surface area (Å²) in [5, 5.41) is 4.87. The van der Waals surface area contributed by atoms with Gasteiger partial charge in [-0.3, -0.25) is 4.79 Å². The maximum absolute atomic E-state index is 12.9. The highest BCUT2D eigenvalue weighted by Crippen LogP contribution is 2.28. The van der Waals surface area contributed by atoms with E-state index in [1.165, 1.54) is 15.6 Å². The van der Waals surface area contributed by atoms with Gasteiger partial charge in [0.05, 0.1) is 13.2 Å². The molecule has 2 aliphatic heterocycles. The molecule has 7 nitrogen and oxygen atoms in total. The van der Waals surface area contributed by atoms with E-state index in [1.807, 2.05) is 7.05 Å². The zero-order valence-electron chi connectivity index (χ0n) is 14.4. The van der Waals surface area contributed by atoms with Crippen molar-refractivity contribution in [3.05, 3.63) is 16.3 Å². The van der Waals surface area contributed by atoms with Crippen molar-refractivity contribution in [1.29, 1.82) is 0 Å². The number of sulfonamides is 1. The van der Waals surface area contributed by atoms with Gasteiger partial charge in [0.2, 0.25) is 10.0 Å². The van der Waals surface area contributed by atoms with E-state index in [0.717, 1.165) is 19.4 Å². The Balaban J connectivity index is 1.74. The molecule has 1 aromatic rings.